The fraction of sp³-hybridized carbons (Fsp3) is 0.316. The average Bonchev–Trinajstić information content (AvgIpc) is 3.05. The highest BCUT2D eigenvalue weighted by Gasteiger charge is 2.14. The van der Waals surface area contributed by atoms with Crippen LogP contribution < -0.4 is 4.74 Å². The van der Waals surface area contributed by atoms with Crippen LogP contribution in [0.2, 0.25) is 0 Å². The summed E-state index contributed by atoms with van der Waals surface area (Å²) in [5.41, 5.74) is 5.58. The second kappa shape index (κ2) is 6.93. The fourth-order valence-corrected chi connectivity index (χ4v) is 2.92. The molecule has 6 heteroatoms. The van der Waals surface area contributed by atoms with Crippen LogP contribution in [-0.4, -0.2) is 34.8 Å². The molecule has 0 saturated heterocycles. The van der Waals surface area contributed by atoms with Crippen LogP contribution in [0.1, 0.15) is 23.4 Å². The predicted molar refractivity (Wildman–Crippen MR) is 94.8 cm³/mol. The minimum atomic E-state index is -0.224. The Balaban J connectivity index is 1.99. The molecule has 0 bridgehead atoms. The van der Waals surface area contributed by atoms with Crippen LogP contribution in [-0.2, 0) is 16.0 Å². The number of nitrogens with zero attached hydrogens (tertiary/aromatic N) is 3. The fourth-order valence-electron chi connectivity index (χ4n) is 2.92. The van der Waals surface area contributed by atoms with Gasteiger partial charge in [0, 0.05) is 29.4 Å². The number of benzene rings is 1. The lowest BCUT2D eigenvalue weighted by molar-refractivity contribution is -0.140. The highest BCUT2D eigenvalue weighted by atomic mass is 16.5. The zero-order chi connectivity index (χ0) is 18.0. The zero-order valence-electron chi connectivity index (χ0n) is 14.9. The molecule has 0 unspecified atom stereocenters. The summed E-state index contributed by atoms with van der Waals surface area (Å²) in [6.07, 6.45) is 0.920. The third-order valence-electron chi connectivity index (χ3n) is 4.36. The van der Waals surface area contributed by atoms with Gasteiger partial charge < -0.3 is 9.47 Å². The first kappa shape index (κ1) is 17.0. The van der Waals surface area contributed by atoms with Gasteiger partial charge in [0.1, 0.15) is 5.75 Å². The Morgan fingerprint density at radius 3 is 2.52 bits per heavy atom. The van der Waals surface area contributed by atoms with E-state index in [1.54, 1.807) is 7.11 Å². The molecule has 0 N–H and O–H groups in total. The number of ether oxygens (including phenoxy) is 2. The van der Waals surface area contributed by atoms with Gasteiger partial charge in [-0.25, -0.2) is 9.50 Å². The lowest BCUT2D eigenvalue weighted by Gasteiger charge is -2.10. The summed E-state index contributed by atoms with van der Waals surface area (Å²) >= 11 is 0. The molecule has 2 heterocycles. The van der Waals surface area contributed by atoms with E-state index in [1.165, 1.54) is 7.11 Å². The van der Waals surface area contributed by atoms with Gasteiger partial charge in [0.15, 0.2) is 5.65 Å². The van der Waals surface area contributed by atoms with Crippen molar-refractivity contribution in [3.8, 4) is 17.0 Å². The molecule has 0 atom stereocenters. The van der Waals surface area contributed by atoms with Crippen LogP contribution in [0.15, 0.2) is 30.3 Å². The number of carbonyl (C=O) groups excluding carboxylic acids is 1. The van der Waals surface area contributed by atoms with Gasteiger partial charge in [-0.3, -0.25) is 4.79 Å². The van der Waals surface area contributed by atoms with Crippen LogP contribution in [0.5, 0.6) is 5.75 Å². The maximum Gasteiger partial charge on any atom is 0.305 e. The zero-order valence-corrected chi connectivity index (χ0v) is 14.9. The molecule has 0 saturated carbocycles. The van der Waals surface area contributed by atoms with Crippen molar-refractivity contribution >= 4 is 11.6 Å². The van der Waals surface area contributed by atoms with Crippen molar-refractivity contribution in [2.45, 2.75) is 26.7 Å². The van der Waals surface area contributed by atoms with Crippen molar-refractivity contribution in [2.24, 2.45) is 0 Å². The summed E-state index contributed by atoms with van der Waals surface area (Å²) in [6.45, 7) is 3.96. The van der Waals surface area contributed by atoms with Crippen molar-refractivity contribution in [2.75, 3.05) is 14.2 Å². The molecule has 0 radical (unpaired) electrons. The summed E-state index contributed by atoms with van der Waals surface area (Å²) in [4.78, 5) is 16.1. The number of methoxy groups -OCH3 is 2. The SMILES string of the molecule is COC(=O)CCc1c(C)nc2cc(-c3ccc(OC)cc3)nn2c1C. The van der Waals surface area contributed by atoms with Gasteiger partial charge in [0.25, 0.3) is 0 Å². The number of esters is 1. The van der Waals surface area contributed by atoms with Crippen molar-refractivity contribution < 1.29 is 14.3 Å². The quantitative estimate of drug-likeness (QED) is 0.668. The average molecular weight is 339 g/mol. The van der Waals surface area contributed by atoms with Crippen LogP contribution >= 0.6 is 0 Å². The van der Waals surface area contributed by atoms with Gasteiger partial charge in [-0.1, -0.05) is 0 Å². The van der Waals surface area contributed by atoms with Gasteiger partial charge in [-0.2, -0.15) is 5.10 Å². The molecule has 130 valence electrons. The Morgan fingerprint density at radius 2 is 1.88 bits per heavy atom. The maximum atomic E-state index is 11.4. The Labute approximate surface area is 146 Å². The molecular formula is C19H21N3O3. The van der Waals surface area contributed by atoms with E-state index in [-0.39, 0.29) is 5.97 Å². The number of aryl methyl sites for hydroxylation is 2. The van der Waals surface area contributed by atoms with Crippen molar-refractivity contribution in [3.05, 3.63) is 47.3 Å². The summed E-state index contributed by atoms with van der Waals surface area (Å²) in [5.74, 6) is 0.584. The van der Waals surface area contributed by atoms with Crippen LogP contribution in [0, 0.1) is 13.8 Å². The maximum absolute atomic E-state index is 11.4. The van der Waals surface area contributed by atoms with Gasteiger partial charge in [0.05, 0.1) is 19.9 Å². The van der Waals surface area contributed by atoms with Crippen LogP contribution in [0.25, 0.3) is 16.9 Å². The molecule has 0 aliphatic heterocycles. The van der Waals surface area contributed by atoms with E-state index >= 15 is 0 Å². The number of carbonyl (C=O) groups is 1. The standard InChI is InChI=1S/C19H21N3O3/c1-12-16(9-10-19(23)25-4)13(2)22-18(20-12)11-17(21-22)14-5-7-15(24-3)8-6-14/h5-8,11H,9-10H2,1-4H3. The monoisotopic (exact) mass is 339 g/mol. The topological polar surface area (TPSA) is 65.7 Å². The minimum absolute atomic E-state index is 0.224. The number of hydrogen-bond donors (Lipinski definition) is 0. The summed E-state index contributed by atoms with van der Waals surface area (Å²) in [5, 5.41) is 4.68. The molecule has 0 fully saturated rings. The van der Waals surface area contributed by atoms with Crippen molar-refractivity contribution in [1.82, 2.24) is 14.6 Å². The summed E-state index contributed by atoms with van der Waals surface area (Å²) < 4.78 is 11.8. The predicted octanol–water partition coefficient (Wildman–Crippen LogP) is 3.13. The molecule has 1 aromatic carbocycles. The third kappa shape index (κ3) is 3.33. The molecule has 3 rings (SSSR count). The summed E-state index contributed by atoms with van der Waals surface area (Å²) in [7, 11) is 3.05. The molecule has 0 spiro atoms. The Bertz CT molecular complexity index is 914. The smallest absolute Gasteiger partial charge is 0.305 e. The van der Waals surface area contributed by atoms with E-state index in [1.807, 2.05) is 48.7 Å². The molecule has 0 amide bonds. The van der Waals surface area contributed by atoms with E-state index in [2.05, 4.69) is 10.1 Å². The Kier molecular flexibility index (Phi) is 4.70. The molecule has 2 aromatic heterocycles. The molecule has 6 nitrogen and oxygen atoms in total. The summed E-state index contributed by atoms with van der Waals surface area (Å²) in [6, 6.07) is 9.73. The van der Waals surface area contributed by atoms with E-state index in [0.29, 0.717) is 12.8 Å². The first-order valence-corrected chi connectivity index (χ1v) is 8.10. The van der Waals surface area contributed by atoms with Crippen molar-refractivity contribution in [3.63, 3.8) is 0 Å². The number of hydrogen-bond acceptors (Lipinski definition) is 5. The van der Waals surface area contributed by atoms with Gasteiger partial charge in [-0.05, 0) is 50.1 Å². The van der Waals surface area contributed by atoms with E-state index in [0.717, 1.165) is 39.6 Å². The van der Waals surface area contributed by atoms with Gasteiger partial charge >= 0.3 is 5.97 Å². The Hall–Kier alpha value is -2.89. The lowest BCUT2D eigenvalue weighted by Crippen LogP contribution is -2.08. The first-order chi connectivity index (χ1) is 12.0. The lowest BCUT2D eigenvalue weighted by atomic mass is 10.1. The molecule has 25 heavy (non-hydrogen) atoms. The van der Waals surface area contributed by atoms with E-state index < -0.39 is 0 Å². The normalized spacial score (nSPS) is 10.9. The third-order valence-corrected chi connectivity index (χ3v) is 4.36. The molecule has 0 aliphatic rings. The first-order valence-electron chi connectivity index (χ1n) is 8.10. The van der Waals surface area contributed by atoms with Crippen molar-refractivity contribution in [1.29, 1.82) is 0 Å². The molecule has 3 aromatic rings. The van der Waals surface area contributed by atoms with Gasteiger partial charge in [-0.15, -0.1) is 0 Å². The Morgan fingerprint density at radius 1 is 1.16 bits per heavy atom. The van der Waals surface area contributed by atoms with Crippen LogP contribution in [0.3, 0.4) is 0 Å². The highest BCUT2D eigenvalue weighted by molar-refractivity contribution is 5.70. The largest absolute Gasteiger partial charge is 0.497 e. The minimum Gasteiger partial charge on any atom is -0.497 e. The number of rotatable bonds is 5. The number of fused-ring (bicyclic) bond motifs is 1. The van der Waals surface area contributed by atoms with E-state index in [9.17, 15) is 4.79 Å². The molecule has 0 aliphatic carbocycles. The number of aromatic nitrogens is 3. The highest BCUT2D eigenvalue weighted by Crippen LogP contribution is 2.24. The van der Waals surface area contributed by atoms with Gasteiger partial charge in [0.2, 0.25) is 0 Å². The molecular weight excluding hydrogens is 318 g/mol. The van der Waals surface area contributed by atoms with E-state index in [4.69, 9.17) is 9.47 Å². The van der Waals surface area contributed by atoms with Crippen LogP contribution in [0.4, 0.5) is 0 Å². The second-order valence-corrected chi connectivity index (χ2v) is 5.87. The second-order valence-electron chi connectivity index (χ2n) is 5.87.